The molecular formula is C67H45NO. The average Bonchev–Trinajstić information content (AvgIpc) is 3.97. The highest BCUT2D eigenvalue weighted by Gasteiger charge is 2.47. The summed E-state index contributed by atoms with van der Waals surface area (Å²) < 4.78 is 6.53. The summed E-state index contributed by atoms with van der Waals surface area (Å²) in [4.78, 5) is 2.45. The number of hydrogen-bond acceptors (Lipinski definition) is 2. The molecule has 1 aromatic heterocycles. The molecule has 69 heavy (non-hydrogen) atoms. The Hall–Kier alpha value is -8.98. The van der Waals surface area contributed by atoms with Gasteiger partial charge in [-0.15, -0.1) is 0 Å². The summed E-state index contributed by atoms with van der Waals surface area (Å²) >= 11 is 0. The van der Waals surface area contributed by atoms with Gasteiger partial charge in [0.1, 0.15) is 11.2 Å². The van der Waals surface area contributed by atoms with Gasteiger partial charge in [-0.25, -0.2) is 0 Å². The van der Waals surface area contributed by atoms with Crippen LogP contribution in [-0.2, 0) is 5.41 Å². The molecule has 1 heterocycles. The molecule has 13 rings (SSSR count). The fourth-order valence-electron chi connectivity index (χ4n) is 11.0. The predicted octanol–water partition coefficient (Wildman–Crippen LogP) is 18.1. The standard InChI is InChI=1S/C67H45NO/c1-4-18-46(19-5-1)49-36-40-55(41-37-49)68(56-42-38-50(39-43-56)57-30-16-31-59-58-28-11-13-35-64(58)69-66(57)59)63-34-17-33-62-65(63)60-29-10-12-32-61(60)67(62,53-26-14-24-51(44-53)47-20-6-2-7-21-47)54-27-15-25-52(45-54)48-22-8-3-9-23-48/h1-45H. The molecule has 1 aliphatic rings. The Morgan fingerprint density at radius 1 is 0.304 bits per heavy atom. The molecule has 11 aromatic carbocycles. The fourth-order valence-corrected chi connectivity index (χ4v) is 11.0. The van der Waals surface area contributed by atoms with Crippen LogP contribution >= 0.6 is 0 Å². The summed E-state index contributed by atoms with van der Waals surface area (Å²) in [6, 6.07) is 99.4. The summed E-state index contributed by atoms with van der Waals surface area (Å²) in [7, 11) is 0. The summed E-state index contributed by atoms with van der Waals surface area (Å²) in [5.41, 5.74) is 21.1. The first-order valence-corrected chi connectivity index (χ1v) is 23.7. The topological polar surface area (TPSA) is 16.4 Å². The molecule has 1 aliphatic carbocycles. The number of hydrogen-bond donors (Lipinski definition) is 0. The molecule has 324 valence electrons. The summed E-state index contributed by atoms with van der Waals surface area (Å²) in [6.45, 7) is 0. The van der Waals surface area contributed by atoms with Crippen molar-refractivity contribution in [1.82, 2.24) is 0 Å². The monoisotopic (exact) mass is 879 g/mol. The molecule has 2 nitrogen and oxygen atoms in total. The minimum absolute atomic E-state index is 0.657. The van der Waals surface area contributed by atoms with Crippen LogP contribution in [0.3, 0.4) is 0 Å². The first-order chi connectivity index (χ1) is 34.2. The lowest BCUT2D eigenvalue weighted by Crippen LogP contribution is -2.28. The zero-order valence-electron chi connectivity index (χ0n) is 37.8. The minimum Gasteiger partial charge on any atom is -0.455 e. The summed E-state index contributed by atoms with van der Waals surface area (Å²) in [5, 5.41) is 2.25. The molecular weight excluding hydrogens is 835 g/mol. The van der Waals surface area contributed by atoms with Crippen molar-refractivity contribution in [2.24, 2.45) is 0 Å². The Balaban J connectivity index is 1.04. The maximum absolute atomic E-state index is 6.53. The lowest BCUT2D eigenvalue weighted by molar-refractivity contribution is 0.670. The maximum atomic E-state index is 6.53. The predicted molar refractivity (Wildman–Crippen MR) is 287 cm³/mol. The molecule has 0 N–H and O–H groups in total. The molecule has 12 aromatic rings. The molecule has 0 radical (unpaired) electrons. The van der Waals surface area contributed by atoms with Crippen molar-refractivity contribution < 1.29 is 4.42 Å². The number of para-hydroxylation sites is 2. The van der Waals surface area contributed by atoms with Gasteiger partial charge in [-0.3, -0.25) is 0 Å². The van der Waals surface area contributed by atoms with Crippen molar-refractivity contribution in [2.45, 2.75) is 5.41 Å². The van der Waals surface area contributed by atoms with Crippen LogP contribution in [0.1, 0.15) is 22.3 Å². The third kappa shape index (κ3) is 6.72. The van der Waals surface area contributed by atoms with Gasteiger partial charge in [-0.05, 0) is 115 Å². The number of fused-ring (bicyclic) bond motifs is 6. The van der Waals surface area contributed by atoms with E-state index in [1.807, 2.05) is 12.1 Å². The number of nitrogens with zero attached hydrogens (tertiary/aromatic N) is 1. The van der Waals surface area contributed by atoms with E-state index < -0.39 is 5.41 Å². The van der Waals surface area contributed by atoms with Gasteiger partial charge >= 0.3 is 0 Å². The SMILES string of the molecule is c1ccc(-c2ccc(N(c3ccc(-c4cccc5c4oc4ccccc45)cc3)c3cccc4c3-c3ccccc3C4(c3cccc(-c4ccccc4)c3)c3cccc(-c4ccccc4)c3)cc2)cc1. The van der Waals surface area contributed by atoms with Crippen molar-refractivity contribution >= 4 is 39.0 Å². The van der Waals surface area contributed by atoms with Gasteiger partial charge in [0.15, 0.2) is 0 Å². The quantitative estimate of drug-likeness (QED) is 0.144. The van der Waals surface area contributed by atoms with E-state index in [-0.39, 0.29) is 0 Å². The molecule has 0 aliphatic heterocycles. The van der Waals surface area contributed by atoms with Gasteiger partial charge in [0.25, 0.3) is 0 Å². The lowest BCUT2D eigenvalue weighted by Gasteiger charge is -2.35. The van der Waals surface area contributed by atoms with Crippen LogP contribution in [0, 0.1) is 0 Å². The maximum Gasteiger partial charge on any atom is 0.143 e. The number of rotatable bonds is 9. The second-order valence-electron chi connectivity index (χ2n) is 18.0. The van der Waals surface area contributed by atoms with Crippen LogP contribution < -0.4 is 4.90 Å². The van der Waals surface area contributed by atoms with Crippen molar-refractivity contribution in [3.05, 3.63) is 295 Å². The van der Waals surface area contributed by atoms with Crippen LogP contribution in [0.25, 0.3) is 77.6 Å². The first-order valence-electron chi connectivity index (χ1n) is 23.7. The van der Waals surface area contributed by atoms with Gasteiger partial charge < -0.3 is 9.32 Å². The molecule has 0 fully saturated rings. The number of anilines is 3. The molecule has 0 saturated carbocycles. The number of furan rings is 1. The lowest BCUT2D eigenvalue weighted by atomic mass is 9.67. The van der Waals surface area contributed by atoms with Crippen LogP contribution in [0.2, 0.25) is 0 Å². The normalized spacial score (nSPS) is 12.5. The molecule has 0 saturated heterocycles. The molecule has 0 unspecified atom stereocenters. The minimum atomic E-state index is -0.657. The largest absolute Gasteiger partial charge is 0.455 e. The highest BCUT2D eigenvalue weighted by atomic mass is 16.3. The molecule has 0 spiro atoms. The van der Waals surface area contributed by atoms with E-state index >= 15 is 0 Å². The van der Waals surface area contributed by atoms with E-state index in [1.165, 1.54) is 66.8 Å². The number of benzene rings is 11. The van der Waals surface area contributed by atoms with E-state index in [2.05, 4.69) is 266 Å². The van der Waals surface area contributed by atoms with Crippen molar-refractivity contribution in [2.75, 3.05) is 4.90 Å². The van der Waals surface area contributed by atoms with E-state index in [0.717, 1.165) is 50.1 Å². The highest BCUT2D eigenvalue weighted by Crippen LogP contribution is 2.60. The van der Waals surface area contributed by atoms with Crippen LogP contribution in [0.5, 0.6) is 0 Å². The Kier molecular flexibility index (Phi) is 9.77. The molecule has 0 bridgehead atoms. The van der Waals surface area contributed by atoms with Crippen LogP contribution in [0.15, 0.2) is 277 Å². The Labute approximate surface area is 402 Å². The van der Waals surface area contributed by atoms with E-state index in [1.54, 1.807) is 0 Å². The summed E-state index contributed by atoms with van der Waals surface area (Å²) in [6.07, 6.45) is 0. The van der Waals surface area contributed by atoms with Crippen molar-refractivity contribution in [1.29, 1.82) is 0 Å². The van der Waals surface area contributed by atoms with Crippen molar-refractivity contribution in [3.63, 3.8) is 0 Å². The van der Waals surface area contributed by atoms with Gasteiger partial charge in [-0.1, -0.05) is 224 Å². The third-order valence-electron chi connectivity index (χ3n) is 14.2. The van der Waals surface area contributed by atoms with Gasteiger partial charge in [-0.2, -0.15) is 0 Å². The smallest absolute Gasteiger partial charge is 0.143 e. The molecule has 0 atom stereocenters. The zero-order chi connectivity index (χ0) is 45.7. The first kappa shape index (κ1) is 40.3. The second kappa shape index (κ2) is 16.7. The van der Waals surface area contributed by atoms with Crippen LogP contribution in [0.4, 0.5) is 17.1 Å². The van der Waals surface area contributed by atoms with Gasteiger partial charge in [0.05, 0.1) is 11.1 Å². The zero-order valence-corrected chi connectivity index (χ0v) is 37.8. The summed E-state index contributed by atoms with van der Waals surface area (Å²) in [5.74, 6) is 0. The second-order valence-corrected chi connectivity index (χ2v) is 18.0. The Morgan fingerprint density at radius 2 is 0.754 bits per heavy atom. The Bertz CT molecular complexity index is 3730. The van der Waals surface area contributed by atoms with Gasteiger partial charge in [0.2, 0.25) is 0 Å². The highest BCUT2D eigenvalue weighted by molar-refractivity contribution is 6.09. The van der Waals surface area contributed by atoms with E-state index in [9.17, 15) is 0 Å². The van der Waals surface area contributed by atoms with Crippen LogP contribution in [-0.4, -0.2) is 0 Å². The van der Waals surface area contributed by atoms with Crippen molar-refractivity contribution in [3.8, 4) is 55.6 Å². The molecule has 2 heteroatoms. The molecule has 0 amide bonds. The van der Waals surface area contributed by atoms with E-state index in [0.29, 0.717) is 0 Å². The average molecular weight is 880 g/mol. The van der Waals surface area contributed by atoms with Gasteiger partial charge in [0, 0.05) is 33.3 Å². The van der Waals surface area contributed by atoms with E-state index in [4.69, 9.17) is 4.42 Å². The Morgan fingerprint density at radius 3 is 1.39 bits per heavy atom. The third-order valence-corrected chi connectivity index (χ3v) is 14.2. The fraction of sp³-hybridized carbons (Fsp3) is 0.0149.